The van der Waals surface area contributed by atoms with Gasteiger partial charge in [-0.1, -0.05) is 66.7 Å². The molecule has 0 saturated heterocycles. The maximum atomic E-state index is 13.3. The molecule has 0 radical (unpaired) electrons. The quantitative estimate of drug-likeness (QED) is 0.435. The van der Waals surface area contributed by atoms with E-state index in [4.69, 9.17) is 0 Å². The Labute approximate surface area is 188 Å². The highest BCUT2D eigenvalue weighted by Crippen LogP contribution is 2.16. The van der Waals surface area contributed by atoms with Crippen LogP contribution in [-0.2, 0) is 22.7 Å². The van der Waals surface area contributed by atoms with Crippen molar-refractivity contribution >= 4 is 29.2 Å². The minimum Gasteiger partial charge on any atom is -0.332 e. The molecule has 3 rings (SSSR count). The van der Waals surface area contributed by atoms with Crippen molar-refractivity contribution in [2.75, 3.05) is 6.54 Å². The number of benzene rings is 2. The van der Waals surface area contributed by atoms with Gasteiger partial charge in [0, 0.05) is 23.5 Å². The molecule has 1 aromatic heterocycles. The van der Waals surface area contributed by atoms with Crippen LogP contribution in [0.5, 0.6) is 0 Å². The molecule has 0 unspecified atom stereocenters. The van der Waals surface area contributed by atoms with Crippen LogP contribution < -0.4 is 0 Å². The van der Waals surface area contributed by atoms with E-state index in [1.807, 2.05) is 96.9 Å². The number of thiophene rings is 1. The lowest BCUT2D eigenvalue weighted by molar-refractivity contribution is -0.140. The SMILES string of the molecule is CC(C)N(CC(=O)N(Cc1ccccc1)Cc1cccs1)C(=O)C=Cc1ccccc1. The lowest BCUT2D eigenvalue weighted by Crippen LogP contribution is -2.44. The number of amides is 2. The fourth-order valence-corrected chi connectivity index (χ4v) is 3.93. The van der Waals surface area contributed by atoms with Crippen LogP contribution >= 0.6 is 11.3 Å². The summed E-state index contributed by atoms with van der Waals surface area (Å²) in [5.74, 6) is -0.226. The highest BCUT2D eigenvalue weighted by molar-refractivity contribution is 7.09. The Morgan fingerprint density at radius 1 is 0.903 bits per heavy atom. The summed E-state index contributed by atoms with van der Waals surface area (Å²) in [5, 5.41) is 2.01. The molecular formula is C26H28N2O2S. The van der Waals surface area contributed by atoms with Gasteiger partial charge in [-0.3, -0.25) is 9.59 Å². The van der Waals surface area contributed by atoms with E-state index in [-0.39, 0.29) is 24.4 Å². The summed E-state index contributed by atoms with van der Waals surface area (Å²) in [7, 11) is 0. The second-order valence-corrected chi connectivity index (χ2v) is 8.65. The van der Waals surface area contributed by atoms with Gasteiger partial charge in [0.25, 0.3) is 0 Å². The molecule has 31 heavy (non-hydrogen) atoms. The van der Waals surface area contributed by atoms with E-state index in [1.165, 1.54) is 0 Å². The highest BCUT2D eigenvalue weighted by atomic mass is 32.1. The largest absolute Gasteiger partial charge is 0.332 e. The Morgan fingerprint density at radius 3 is 2.19 bits per heavy atom. The van der Waals surface area contributed by atoms with E-state index in [0.29, 0.717) is 13.1 Å². The van der Waals surface area contributed by atoms with E-state index in [0.717, 1.165) is 16.0 Å². The van der Waals surface area contributed by atoms with Gasteiger partial charge in [0.1, 0.15) is 6.54 Å². The third kappa shape index (κ3) is 6.93. The van der Waals surface area contributed by atoms with E-state index in [2.05, 4.69) is 0 Å². The first-order valence-electron chi connectivity index (χ1n) is 10.4. The molecule has 2 amide bonds. The van der Waals surface area contributed by atoms with Gasteiger partial charge in [0.05, 0.1) is 6.54 Å². The summed E-state index contributed by atoms with van der Waals surface area (Å²) in [6.45, 7) is 4.96. The first-order valence-corrected chi connectivity index (χ1v) is 11.3. The van der Waals surface area contributed by atoms with Crippen molar-refractivity contribution in [1.29, 1.82) is 0 Å². The van der Waals surface area contributed by atoms with Gasteiger partial charge in [-0.25, -0.2) is 0 Å². The summed E-state index contributed by atoms with van der Waals surface area (Å²) < 4.78 is 0. The Kier molecular flexibility index (Phi) is 8.19. The number of hydrogen-bond donors (Lipinski definition) is 0. The van der Waals surface area contributed by atoms with Gasteiger partial charge >= 0.3 is 0 Å². The molecule has 0 aliphatic carbocycles. The molecular weight excluding hydrogens is 404 g/mol. The summed E-state index contributed by atoms with van der Waals surface area (Å²) >= 11 is 1.63. The predicted octanol–water partition coefficient (Wildman–Crippen LogP) is 5.23. The Bertz CT molecular complexity index is 983. The summed E-state index contributed by atoms with van der Waals surface area (Å²) in [6, 6.07) is 23.6. The minimum absolute atomic E-state index is 0.0494. The number of nitrogens with zero attached hydrogens (tertiary/aromatic N) is 2. The standard InChI is InChI=1S/C26H28N2O2S/c1-21(2)28(25(29)16-15-22-10-5-3-6-11-22)20-26(30)27(19-24-14-9-17-31-24)18-23-12-7-4-8-13-23/h3-17,21H,18-20H2,1-2H3. The fourth-order valence-electron chi connectivity index (χ4n) is 3.21. The van der Waals surface area contributed by atoms with E-state index < -0.39 is 0 Å². The third-order valence-electron chi connectivity index (χ3n) is 4.93. The first-order chi connectivity index (χ1) is 15.0. The van der Waals surface area contributed by atoms with Crippen molar-refractivity contribution in [2.45, 2.75) is 33.0 Å². The monoisotopic (exact) mass is 432 g/mol. The van der Waals surface area contributed by atoms with Gasteiger partial charge in [-0.2, -0.15) is 0 Å². The molecule has 3 aromatic rings. The van der Waals surface area contributed by atoms with Crippen LogP contribution in [0.4, 0.5) is 0 Å². The molecule has 0 spiro atoms. The van der Waals surface area contributed by atoms with E-state index in [9.17, 15) is 9.59 Å². The zero-order chi connectivity index (χ0) is 22.1. The summed E-state index contributed by atoms with van der Waals surface area (Å²) in [4.78, 5) is 30.7. The van der Waals surface area contributed by atoms with Crippen LogP contribution in [0.25, 0.3) is 6.08 Å². The van der Waals surface area contributed by atoms with Crippen LogP contribution in [-0.4, -0.2) is 34.2 Å². The number of carbonyl (C=O) groups excluding carboxylic acids is 2. The normalized spacial score (nSPS) is 11.1. The molecule has 0 N–H and O–H groups in total. The summed E-state index contributed by atoms with van der Waals surface area (Å²) in [5.41, 5.74) is 2.02. The molecule has 5 heteroatoms. The molecule has 0 bridgehead atoms. The lowest BCUT2D eigenvalue weighted by Gasteiger charge is -2.29. The van der Waals surface area contributed by atoms with Crippen LogP contribution in [0, 0.1) is 0 Å². The van der Waals surface area contributed by atoms with Crippen molar-refractivity contribution in [2.24, 2.45) is 0 Å². The second-order valence-electron chi connectivity index (χ2n) is 7.62. The van der Waals surface area contributed by atoms with Crippen molar-refractivity contribution in [1.82, 2.24) is 9.80 Å². The third-order valence-corrected chi connectivity index (χ3v) is 5.79. The molecule has 0 aliphatic rings. The lowest BCUT2D eigenvalue weighted by atomic mass is 10.2. The molecule has 0 saturated carbocycles. The van der Waals surface area contributed by atoms with Crippen LogP contribution in [0.2, 0.25) is 0 Å². The average Bonchev–Trinajstić information content (AvgIpc) is 3.29. The van der Waals surface area contributed by atoms with Crippen LogP contribution in [0.1, 0.15) is 29.9 Å². The molecule has 0 fully saturated rings. The number of carbonyl (C=O) groups is 2. The van der Waals surface area contributed by atoms with Crippen molar-refractivity contribution in [3.63, 3.8) is 0 Å². The topological polar surface area (TPSA) is 40.6 Å². The maximum absolute atomic E-state index is 13.3. The molecule has 0 aliphatic heterocycles. The summed E-state index contributed by atoms with van der Waals surface area (Å²) in [6.07, 6.45) is 3.33. The predicted molar refractivity (Wildman–Crippen MR) is 127 cm³/mol. The average molecular weight is 433 g/mol. The van der Waals surface area contributed by atoms with Crippen molar-refractivity contribution < 1.29 is 9.59 Å². The molecule has 1 heterocycles. The number of rotatable bonds is 9. The van der Waals surface area contributed by atoms with E-state index in [1.54, 1.807) is 28.4 Å². The van der Waals surface area contributed by atoms with Gasteiger partial charge in [-0.05, 0) is 42.5 Å². The maximum Gasteiger partial charge on any atom is 0.247 e. The smallest absolute Gasteiger partial charge is 0.247 e. The minimum atomic E-state index is -0.164. The highest BCUT2D eigenvalue weighted by Gasteiger charge is 2.23. The zero-order valence-electron chi connectivity index (χ0n) is 18.0. The van der Waals surface area contributed by atoms with Crippen LogP contribution in [0.3, 0.4) is 0 Å². The first kappa shape index (κ1) is 22.5. The Balaban J connectivity index is 1.73. The van der Waals surface area contributed by atoms with Gasteiger partial charge in [-0.15, -0.1) is 11.3 Å². The van der Waals surface area contributed by atoms with Gasteiger partial charge in [0.2, 0.25) is 11.8 Å². The van der Waals surface area contributed by atoms with Crippen LogP contribution in [0.15, 0.2) is 84.3 Å². The number of hydrogen-bond acceptors (Lipinski definition) is 3. The zero-order valence-corrected chi connectivity index (χ0v) is 18.8. The van der Waals surface area contributed by atoms with E-state index >= 15 is 0 Å². The Morgan fingerprint density at radius 2 is 1.58 bits per heavy atom. The molecule has 0 atom stereocenters. The van der Waals surface area contributed by atoms with Crippen molar-refractivity contribution in [3.8, 4) is 0 Å². The van der Waals surface area contributed by atoms with Gasteiger partial charge in [0.15, 0.2) is 0 Å². The Hall–Kier alpha value is -3.18. The van der Waals surface area contributed by atoms with Crippen molar-refractivity contribution in [3.05, 3.63) is 100 Å². The van der Waals surface area contributed by atoms with Gasteiger partial charge < -0.3 is 9.80 Å². The molecule has 4 nitrogen and oxygen atoms in total. The fraction of sp³-hybridized carbons (Fsp3) is 0.231. The molecule has 160 valence electrons. The molecule has 2 aromatic carbocycles. The second kappa shape index (κ2) is 11.3.